The van der Waals surface area contributed by atoms with Gasteiger partial charge in [0.25, 0.3) is 5.56 Å². The quantitative estimate of drug-likeness (QED) is 0.755. The smallest absolute Gasteiger partial charge is 0.293 e. The van der Waals surface area contributed by atoms with Crippen molar-refractivity contribution >= 4 is 5.82 Å². The molecule has 4 nitrogen and oxygen atoms in total. The minimum atomic E-state index is -0.0568. The van der Waals surface area contributed by atoms with Gasteiger partial charge in [0.2, 0.25) is 0 Å². The largest absolute Gasteiger partial charge is 0.369 e. The fraction of sp³-hybridized carbons (Fsp3) is 0.556. The van der Waals surface area contributed by atoms with Crippen LogP contribution in [0.5, 0.6) is 0 Å². The van der Waals surface area contributed by atoms with Gasteiger partial charge in [0.1, 0.15) is 0 Å². The summed E-state index contributed by atoms with van der Waals surface area (Å²) < 4.78 is 1.67. The Labute approximate surface area is 77.6 Å². The van der Waals surface area contributed by atoms with Gasteiger partial charge in [-0.25, -0.2) is 4.98 Å². The van der Waals surface area contributed by atoms with Gasteiger partial charge in [0.05, 0.1) is 0 Å². The lowest BCUT2D eigenvalue weighted by Crippen LogP contribution is -2.24. The second-order valence-electron chi connectivity index (χ2n) is 3.38. The van der Waals surface area contributed by atoms with Crippen molar-refractivity contribution in [2.75, 3.05) is 12.4 Å². The molecule has 1 heterocycles. The van der Waals surface area contributed by atoms with Gasteiger partial charge >= 0.3 is 0 Å². The number of aromatic nitrogens is 2. The molecule has 0 radical (unpaired) electrons. The Balaban J connectivity index is 3.02. The van der Waals surface area contributed by atoms with E-state index in [1.54, 1.807) is 24.0 Å². The van der Waals surface area contributed by atoms with E-state index in [9.17, 15) is 4.79 Å². The van der Waals surface area contributed by atoms with Gasteiger partial charge in [-0.3, -0.25) is 4.79 Å². The molecule has 0 aromatic carbocycles. The highest BCUT2D eigenvalue weighted by Gasteiger charge is 2.03. The highest BCUT2D eigenvalue weighted by atomic mass is 16.1. The normalized spacial score (nSPS) is 10.5. The molecule has 0 aliphatic rings. The van der Waals surface area contributed by atoms with Crippen LogP contribution in [0, 0.1) is 5.92 Å². The van der Waals surface area contributed by atoms with Gasteiger partial charge in [-0.1, -0.05) is 13.8 Å². The predicted molar refractivity (Wildman–Crippen MR) is 52.9 cm³/mol. The van der Waals surface area contributed by atoms with Crippen LogP contribution in [0.3, 0.4) is 0 Å². The van der Waals surface area contributed by atoms with Crippen molar-refractivity contribution in [2.45, 2.75) is 20.4 Å². The lowest BCUT2D eigenvalue weighted by molar-refractivity contribution is 0.510. The Bertz CT molecular complexity index is 330. The topological polar surface area (TPSA) is 46.9 Å². The van der Waals surface area contributed by atoms with E-state index < -0.39 is 0 Å². The highest BCUT2D eigenvalue weighted by Crippen LogP contribution is 1.97. The van der Waals surface area contributed by atoms with Crippen LogP contribution < -0.4 is 10.9 Å². The molecule has 72 valence electrons. The highest BCUT2D eigenvalue weighted by molar-refractivity contribution is 5.29. The lowest BCUT2D eigenvalue weighted by Gasteiger charge is -2.08. The molecule has 0 unspecified atom stereocenters. The van der Waals surface area contributed by atoms with Crippen molar-refractivity contribution in [3.05, 3.63) is 22.7 Å². The maximum Gasteiger partial charge on any atom is 0.293 e. The van der Waals surface area contributed by atoms with E-state index in [-0.39, 0.29) is 5.56 Å². The molecule has 0 atom stereocenters. The summed E-state index contributed by atoms with van der Waals surface area (Å²) in [6.45, 7) is 4.88. The Morgan fingerprint density at radius 2 is 2.31 bits per heavy atom. The molecule has 0 aliphatic carbocycles. The molecule has 0 aliphatic heterocycles. The first-order chi connectivity index (χ1) is 6.15. The molecule has 1 rings (SSSR count). The third-order valence-corrected chi connectivity index (χ3v) is 1.71. The lowest BCUT2D eigenvalue weighted by atomic mass is 10.2. The summed E-state index contributed by atoms with van der Waals surface area (Å²) in [7, 11) is 1.70. The van der Waals surface area contributed by atoms with E-state index in [2.05, 4.69) is 24.1 Å². The number of nitrogens with one attached hydrogen (secondary N) is 1. The molecule has 0 spiro atoms. The van der Waals surface area contributed by atoms with Gasteiger partial charge in [-0.15, -0.1) is 0 Å². The predicted octanol–water partition coefficient (Wildman–Crippen LogP) is 0.941. The minimum absolute atomic E-state index is 0.0568. The van der Waals surface area contributed by atoms with Crippen LogP contribution in [0.15, 0.2) is 17.2 Å². The van der Waals surface area contributed by atoms with E-state index in [1.807, 2.05) is 0 Å². The van der Waals surface area contributed by atoms with Crippen molar-refractivity contribution < 1.29 is 0 Å². The Kier molecular flexibility index (Phi) is 3.06. The molecule has 13 heavy (non-hydrogen) atoms. The SMILES string of the molecule is CNc1nccn(CC(C)C)c1=O. The summed E-state index contributed by atoms with van der Waals surface area (Å²) in [6.07, 6.45) is 3.35. The molecular weight excluding hydrogens is 166 g/mol. The second kappa shape index (κ2) is 4.07. The molecule has 0 bridgehead atoms. The van der Waals surface area contributed by atoms with Gasteiger partial charge in [-0.2, -0.15) is 0 Å². The van der Waals surface area contributed by atoms with Crippen molar-refractivity contribution in [3.8, 4) is 0 Å². The van der Waals surface area contributed by atoms with E-state index in [4.69, 9.17) is 0 Å². The first-order valence-corrected chi connectivity index (χ1v) is 4.38. The zero-order chi connectivity index (χ0) is 9.84. The third-order valence-electron chi connectivity index (χ3n) is 1.71. The molecule has 0 fully saturated rings. The maximum atomic E-state index is 11.6. The molecule has 1 N–H and O–H groups in total. The number of hydrogen-bond donors (Lipinski definition) is 1. The van der Waals surface area contributed by atoms with Crippen molar-refractivity contribution in [1.82, 2.24) is 9.55 Å². The molecule has 1 aromatic heterocycles. The summed E-state index contributed by atoms with van der Waals surface area (Å²) in [4.78, 5) is 15.5. The van der Waals surface area contributed by atoms with Crippen LogP contribution in [0.4, 0.5) is 5.82 Å². The Hall–Kier alpha value is -1.32. The molecule has 0 amide bonds. The number of nitrogens with zero attached hydrogens (tertiary/aromatic N) is 2. The van der Waals surface area contributed by atoms with Crippen molar-refractivity contribution in [2.24, 2.45) is 5.92 Å². The minimum Gasteiger partial charge on any atom is -0.369 e. The molecule has 1 aromatic rings. The summed E-state index contributed by atoms with van der Waals surface area (Å²) in [5, 5.41) is 2.76. The van der Waals surface area contributed by atoms with Crippen LogP contribution >= 0.6 is 0 Å². The zero-order valence-corrected chi connectivity index (χ0v) is 8.24. The number of hydrogen-bond acceptors (Lipinski definition) is 3. The van der Waals surface area contributed by atoms with E-state index in [1.165, 1.54) is 0 Å². The van der Waals surface area contributed by atoms with Gasteiger partial charge in [-0.05, 0) is 5.92 Å². The first-order valence-electron chi connectivity index (χ1n) is 4.38. The summed E-state index contributed by atoms with van der Waals surface area (Å²) in [6, 6.07) is 0. The van der Waals surface area contributed by atoms with E-state index in [0.29, 0.717) is 11.7 Å². The third kappa shape index (κ3) is 2.31. The van der Waals surface area contributed by atoms with Crippen molar-refractivity contribution in [3.63, 3.8) is 0 Å². The maximum absolute atomic E-state index is 11.6. The van der Waals surface area contributed by atoms with Crippen LogP contribution in [0.2, 0.25) is 0 Å². The summed E-state index contributed by atoms with van der Waals surface area (Å²) in [5.41, 5.74) is -0.0568. The van der Waals surface area contributed by atoms with Gasteiger partial charge in [0.15, 0.2) is 5.82 Å². The van der Waals surface area contributed by atoms with Crippen LogP contribution in [-0.4, -0.2) is 16.6 Å². The number of rotatable bonds is 3. The van der Waals surface area contributed by atoms with E-state index in [0.717, 1.165) is 6.54 Å². The Morgan fingerprint density at radius 1 is 1.62 bits per heavy atom. The monoisotopic (exact) mass is 181 g/mol. The fourth-order valence-corrected chi connectivity index (χ4v) is 1.16. The van der Waals surface area contributed by atoms with Crippen LogP contribution in [0.25, 0.3) is 0 Å². The van der Waals surface area contributed by atoms with E-state index >= 15 is 0 Å². The summed E-state index contributed by atoms with van der Waals surface area (Å²) >= 11 is 0. The second-order valence-corrected chi connectivity index (χ2v) is 3.38. The first kappa shape index (κ1) is 9.77. The summed E-state index contributed by atoms with van der Waals surface area (Å²) in [5.74, 6) is 0.868. The van der Waals surface area contributed by atoms with Gasteiger partial charge < -0.3 is 9.88 Å². The standard InChI is InChI=1S/C9H15N3O/c1-7(2)6-12-5-4-11-8(10-3)9(12)13/h4-5,7H,6H2,1-3H3,(H,10,11). The van der Waals surface area contributed by atoms with Crippen molar-refractivity contribution in [1.29, 1.82) is 0 Å². The zero-order valence-electron chi connectivity index (χ0n) is 8.24. The molecule has 0 saturated carbocycles. The molecular formula is C9H15N3O. The fourth-order valence-electron chi connectivity index (χ4n) is 1.16. The average molecular weight is 181 g/mol. The van der Waals surface area contributed by atoms with Crippen LogP contribution in [0.1, 0.15) is 13.8 Å². The number of anilines is 1. The molecule has 0 saturated heterocycles. The van der Waals surface area contributed by atoms with Crippen LogP contribution in [-0.2, 0) is 6.54 Å². The molecule has 4 heteroatoms. The van der Waals surface area contributed by atoms with Gasteiger partial charge in [0, 0.05) is 26.0 Å². The Morgan fingerprint density at radius 3 is 2.85 bits per heavy atom. The average Bonchev–Trinajstić information content (AvgIpc) is 2.08.